The molecule has 0 bridgehead atoms. The molecule has 0 aliphatic rings. The second kappa shape index (κ2) is 5.39. The number of hydrogen-bond acceptors (Lipinski definition) is 5. The van der Waals surface area contributed by atoms with Gasteiger partial charge >= 0.3 is 0 Å². The lowest BCUT2D eigenvalue weighted by Crippen LogP contribution is -2.15. The summed E-state index contributed by atoms with van der Waals surface area (Å²) in [5.41, 5.74) is 5.45. The van der Waals surface area contributed by atoms with Crippen molar-refractivity contribution in [1.82, 2.24) is 14.9 Å². The minimum absolute atomic E-state index is 0.384. The molecule has 0 atom stereocenters. The number of rotatable bonds is 5. The van der Waals surface area contributed by atoms with E-state index in [2.05, 4.69) is 14.9 Å². The molecule has 0 radical (unpaired) electrons. The van der Waals surface area contributed by atoms with Crippen LogP contribution in [0.3, 0.4) is 0 Å². The molecular weight excluding hydrogens is 180 g/mol. The minimum Gasteiger partial charge on any atom is -0.476 e. The zero-order valence-electron chi connectivity index (χ0n) is 8.60. The van der Waals surface area contributed by atoms with Gasteiger partial charge in [0.2, 0.25) is 5.88 Å². The molecule has 1 aromatic rings. The van der Waals surface area contributed by atoms with Crippen LogP contribution in [0.25, 0.3) is 0 Å². The Kier molecular flexibility index (Phi) is 4.12. The molecule has 0 spiro atoms. The molecule has 0 aromatic carbocycles. The van der Waals surface area contributed by atoms with Gasteiger partial charge in [0, 0.05) is 6.54 Å². The predicted molar refractivity (Wildman–Crippen MR) is 55.1 cm³/mol. The molecule has 5 nitrogen and oxygen atoms in total. The van der Waals surface area contributed by atoms with Crippen LogP contribution in [-0.2, 0) is 0 Å². The van der Waals surface area contributed by atoms with Crippen LogP contribution >= 0.6 is 0 Å². The van der Waals surface area contributed by atoms with Crippen LogP contribution in [0.1, 0.15) is 6.42 Å². The topological polar surface area (TPSA) is 64.3 Å². The molecule has 1 aromatic heterocycles. The molecule has 0 aliphatic carbocycles. The Hall–Kier alpha value is -1.36. The zero-order chi connectivity index (χ0) is 10.4. The van der Waals surface area contributed by atoms with E-state index in [1.807, 2.05) is 14.1 Å². The van der Waals surface area contributed by atoms with Gasteiger partial charge in [-0.25, -0.2) is 0 Å². The van der Waals surface area contributed by atoms with E-state index in [1.54, 1.807) is 6.20 Å². The zero-order valence-corrected chi connectivity index (χ0v) is 8.60. The van der Waals surface area contributed by atoms with Crippen molar-refractivity contribution in [3.05, 3.63) is 12.4 Å². The van der Waals surface area contributed by atoms with Gasteiger partial charge in [-0.05, 0) is 20.5 Å². The Balaban J connectivity index is 2.25. The predicted octanol–water partition coefficient (Wildman–Crippen LogP) is 0.389. The van der Waals surface area contributed by atoms with E-state index in [4.69, 9.17) is 10.5 Å². The average Bonchev–Trinajstić information content (AvgIpc) is 2.12. The highest BCUT2D eigenvalue weighted by atomic mass is 16.5. The molecular formula is C9H16N4O. The molecule has 0 amide bonds. The van der Waals surface area contributed by atoms with Crippen LogP contribution in [0, 0.1) is 0 Å². The molecule has 0 fully saturated rings. The van der Waals surface area contributed by atoms with E-state index in [-0.39, 0.29) is 0 Å². The van der Waals surface area contributed by atoms with Crippen molar-refractivity contribution in [3.63, 3.8) is 0 Å². The van der Waals surface area contributed by atoms with Crippen molar-refractivity contribution in [2.24, 2.45) is 0 Å². The van der Waals surface area contributed by atoms with Crippen LogP contribution in [-0.4, -0.2) is 42.1 Å². The maximum absolute atomic E-state index is 5.45. The number of anilines is 1. The van der Waals surface area contributed by atoms with Crippen LogP contribution in [0.15, 0.2) is 12.4 Å². The summed E-state index contributed by atoms with van der Waals surface area (Å²) >= 11 is 0. The summed E-state index contributed by atoms with van der Waals surface area (Å²) in [6, 6.07) is 0. The quantitative estimate of drug-likeness (QED) is 0.690. The van der Waals surface area contributed by atoms with Gasteiger partial charge in [-0.1, -0.05) is 0 Å². The van der Waals surface area contributed by atoms with Crippen LogP contribution in [0.2, 0.25) is 0 Å². The number of nitrogen functional groups attached to an aromatic ring is 1. The Morgan fingerprint density at radius 3 is 2.86 bits per heavy atom. The third kappa shape index (κ3) is 4.04. The number of nitrogens with two attached hydrogens (primary N) is 1. The molecule has 0 saturated carbocycles. The maximum Gasteiger partial charge on any atom is 0.234 e. The molecule has 14 heavy (non-hydrogen) atoms. The van der Waals surface area contributed by atoms with Gasteiger partial charge in [-0.3, -0.25) is 4.98 Å². The third-order valence-electron chi connectivity index (χ3n) is 1.63. The molecule has 78 valence electrons. The lowest BCUT2D eigenvalue weighted by Gasteiger charge is -2.09. The molecule has 0 unspecified atom stereocenters. The second-order valence-corrected chi connectivity index (χ2v) is 3.29. The SMILES string of the molecule is CN(C)CCCOc1cncc(N)n1. The Morgan fingerprint density at radius 1 is 1.43 bits per heavy atom. The third-order valence-corrected chi connectivity index (χ3v) is 1.63. The summed E-state index contributed by atoms with van der Waals surface area (Å²) in [5.74, 6) is 0.874. The summed E-state index contributed by atoms with van der Waals surface area (Å²) < 4.78 is 5.36. The summed E-state index contributed by atoms with van der Waals surface area (Å²) in [6.45, 7) is 1.63. The number of hydrogen-bond donors (Lipinski definition) is 1. The first-order valence-corrected chi connectivity index (χ1v) is 4.53. The Bertz CT molecular complexity index is 277. The molecule has 5 heteroatoms. The first-order chi connectivity index (χ1) is 6.68. The Morgan fingerprint density at radius 2 is 2.21 bits per heavy atom. The maximum atomic E-state index is 5.45. The van der Waals surface area contributed by atoms with Gasteiger partial charge in [0.25, 0.3) is 0 Å². The molecule has 0 saturated heterocycles. The van der Waals surface area contributed by atoms with Gasteiger partial charge in [-0.2, -0.15) is 4.98 Å². The van der Waals surface area contributed by atoms with Crippen LogP contribution in [0.4, 0.5) is 5.82 Å². The summed E-state index contributed by atoms with van der Waals surface area (Å²) in [5, 5.41) is 0. The lowest BCUT2D eigenvalue weighted by atomic mass is 10.4. The summed E-state index contributed by atoms with van der Waals surface area (Å²) in [4.78, 5) is 9.95. The summed E-state index contributed by atoms with van der Waals surface area (Å²) in [6.07, 6.45) is 4.02. The molecule has 1 heterocycles. The minimum atomic E-state index is 0.384. The molecule has 2 N–H and O–H groups in total. The van der Waals surface area contributed by atoms with Crippen molar-refractivity contribution in [1.29, 1.82) is 0 Å². The van der Waals surface area contributed by atoms with Crippen LogP contribution in [0.5, 0.6) is 5.88 Å². The largest absolute Gasteiger partial charge is 0.476 e. The molecule has 1 rings (SSSR count). The van der Waals surface area contributed by atoms with E-state index < -0.39 is 0 Å². The highest BCUT2D eigenvalue weighted by molar-refractivity contribution is 5.25. The van der Waals surface area contributed by atoms with E-state index in [0.29, 0.717) is 18.3 Å². The van der Waals surface area contributed by atoms with Crippen molar-refractivity contribution < 1.29 is 4.74 Å². The fraction of sp³-hybridized carbons (Fsp3) is 0.556. The van der Waals surface area contributed by atoms with E-state index in [0.717, 1.165) is 13.0 Å². The first-order valence-electron chi connectivity index (χ1n) is 4.53. The standard InChI is InChI=1S/C9H16N4O/c1-13(2)4-3-5-14-9-7-11-6-8(10)12-9/h6-7H,3-5H2,1-2H3,(H2,10,12). The number of aromatic nitrogens is 2. The first kappa shape index (κ1) is 10.7. The fourth-order valence-electron chi connectivity index (χ4n) is 0.989. The summed E-state index contributed by atoms with van der Waals surface area (Å²) in [7, 11) is 4.06. The highest BCUT2D eigenvalue weighted by Crippen LogP contribution is 2.05. The van der Waals surface area contributed by atoms with Gasteiger partial charge in [0.15, 0.2) is 0 Å². The van der Waals surface area contributed by atoms with Crippen molar-refractivity contribution in [2.75, 3.05) is 33.0 Å². The van der Waals surface area contributed by atoms with Gasteiger partial charge in [-0.15, -0.1) is 0 Å². The highest BCUT2D eigenvalue weighted by Gasteiger charge is 1.96. The lowest BCUT2D eigenvalue weighted by molar-refractivity contribution is 0.272. The van der Waals surface area contributed by atoms with Gasteiger partial charge < -0.3 is 15.4 Å². The molecule has 0 aliphatic heterocycles. The van der Waals surface area contributed by atoms with Crippen molar-refractivity contribution >= 4 is 5.82 Å². The van der Waals surface area contributed by atoms with E-state index in [1.165, 1.54) is 6.20 Å². The monoisotopic (exact) mass is 196 g/mol. The van der Waals surface area contributed by atoms with E-state index >= 15 is 0 Å². The number of nitrogens with zero attached hydrogens (tertiary/aromatic N) is 3. The van der Waals surface area contributed by atoms with Crippen LogP contribution < -0.4 is 10.5 Å². The normalized spacial score (nSPS) is 10.5. The van der Waals surface area contributed by atoms with Crippen molar-refractivity contribution in [3.8, 4) is 5.88 Å². The van der Waals surface area contributed by atoms with Gasteiger partial charge in [0.05, 0.1) is 19.0 Å². The second-order valence-electron chi connectivity index (χ2n) is 3.29. The average molecular weight is 196 g/mol. The number of ether oxygens (including phenoxy) is 1. The Labute approximate surface area is 83.9 Å². The smallest absolute Gasteiger partial charge is 0.234 e. The van der Waals surface area contributed by atoms with Crippen molar-refractivity contribution in [2.45, 2.75) is 6.42 Å². The fourth-order valence-corrected chi connectivity index (χ4v) is 0.989. The van der Waals surface area contributed by atoms with Gasteiger partial charge in [0.1, 0.15) is 5.82 Å². The van der Waals surface area contributed by atoms with E-state index in [9.17, 15) is 0 Å².